The Hall–Kier alpha value is -1.84. The Kier molecular flexibility index (Phi) is 4.99. The first kappa shape index (κ1) is 16.0. The minimum atomic E-state index is -0.199. The highest BCUT2D eigenvalue weighted by Gasteiger charge is 2.26. The number of hydrogen-bond donors (Lipinski definition) is 2. The Morgan fingerprint density at radius 2 is 2.43 bits per heavy atom. The van der Waals surface area contributed by atoms with Crippen LogP contribution in [0, 0.1) is 6.92 Å². The SMILES string of the molecule is CCc1nc([C@@H]2CN(CC(=O)Nc3nc(C)cs3)CCO2)n[nH]1. The maximum absolute atomic E-state index is 12.1. The van der Waals surface area contributed by atoms with E-state index in [1.165, 1.54) is 11.3 Å². The molecule has 0 spiro atoms. The Morgan fingerprint density at radius 1 is 1.57 bits per heavy atom. The number of nitrogens with zero attached hydrogens (tertiary/aromatic N) is 4. The van der Waals surface area contributed by atoms with Gasteiger partial charge in [-0.2, -0.15) is 5.10 Å². The normalized spacial score (nSPS) is 19.0. The molecule has 0 aliphatic carbocycles. The molecule has 1 amide bonds. The first-order valence-corrected chi connectivity index (χ1v) is 8.49. The minimum absolute atomic E-state index is 0.0655. The van der Waals surface area contributed by atoms with E-state index in [9.17, 15) is 4.79 Å². The number of ether oxygens (including phenoxy) is 1. The lowest BCUT2D eigenvalue weighted by Crippen LogP contribution is -2.42. The zero-order valence-corrected chi connectivity index (χ0v) is 14.0. The monoisotopic (exact) mass is 336 g/mol. The lowest BCUT2D eigenvalue weighted by atomic mass is 10.2. The van der Waals surface area contributed by atoms with Crippen molar-refractivity contribution in [3.05, 3.63) is 22.7 Å². The molecule has 0 aromatic carbocycles. The molecule has 0 saturated carbocycles. The molecule has 0 radical (unpaired) electrons. The molecule has 1 fully saturated rings. The standard InChI is InChI=1S/C14H20N6O2S/c1-3-11-16-13(19-18-11)10-6-20(4-5-22-10)7-12(21)17-14-15-9(2)8-23-14/h8,10H,3-7H2,1-2H3,(H,15,17,21)(H,16,18,19)/t10-/m0/s1. The van der Waals surface area contributed by atoms with Gasteiger partial charge >= 0.3 is 0 Å². The number of hydrogen-bond acceptors (Lipinski definition) is 7. The third-order valence-corrected chi connectivity index (χ3v) is 4.43. The van der Waals surface area contributed by atoms with Gasteiger partial charge in [-0.05, 0) is 6.92 Å². The van der Waals surface area contributed by atoms with Crippen LogP contribution in [0.25, 0.3) is 0 Å². The van der Waals surface area contributed by atoms with Gasteiger partial charge in [-0.25, -0.2) is 9.97 Å². The van der Waals surface area contributed by atoms with E-state index in [1.54, 1.807) is 0 Å². The number of aryl methyl sites for hydroxylation is 2. The van der Waals surface area contributed by atoms with Gasteiger partial charge < -0.3 is 10.1 Å². The van der Waals surface area contributed by atoms with E-state index in [-0.39, 0.29) is 12.0 Å². The molecule has 8 nitrogen and oxygen atoms in total. The highest BCUT2D eigenvalue weighted by atomic mass is 32.1. The van der Waals surface area contributed by atoms with Crippen LogP contribution in [-0.4, -0.2) is 57.2 Å². The average molecular weight is 336 g/mol. The largest absolute Gasteiger partial charge is 0.367 e. The first-order chi connectivity index (χ1) is 11.1. The van der Waals surface area contributed by atoms with Crippen LogP contribution in [0.1, 0.15) is 30.4 Å². The predicted octanol–water partition coefficient (Wildman–Crippen LogP) is 1.14. The minimum Gasteiger partial charge on any atom is -0.367 e. The van der Waals surface area contributed by atoms with Crippen LogP contribution in [-0.2, 0) is 16.0 Å². The highest BCUT2D eigenvalue weighted by molar-refractivity contribution is 7.13. The summed E-state index contributed by atoms with van der Waals surface area (Å²) in [6, 6.07) is 0. The fourth-order valence-electron chi connectivity index (χ4n) is 2.39. The Balaban J connectivity index is 1.54. The van der Waals surface area contributed by atoms with Crippen molar-refractivity contribution in [1.82, 2.24) is 25.1 Å². The molecular formula is C14H20N6O2S. The van der Waals surface area contributed by atoms with Crippen molar-refractivity contribution < 1.29 is 9.53 Å². The predicted molar refractivity (Wildman–Crippen MR) is 86.4 cm³/mol. The fraction of sp³-hybridized carbons (Fsp3) is 0.571. The van der Waals surface area contributed by atoms with Crippen LogP contribution in [0.5, 0.6) is 0 Å². The number of H-pyrrole nitrogens is 1. The van der Waals surface area contributed by atoms with E-state index in [4.69, 9.17) is 4.74 Å². The number of anilines is 1. The van der Waals surface area contributed by atoms with E-state index in [1.807, 2.05) is 24.1 Å². The molecular weight excluding hydrogens is 316 g/mol. The van der Waals surface area contributed by atoms with Crippen molar-refractivity contribution >= 4 is 22.4 Å². The summed E-state index contributed by atoms with van der Waals surface area (Å²) in [5, 5.41) is 12.5. The molecule has 3 rings (SSSR count). The van der Waals surface area contributed by atoms with Gasteiger partial charge in [0.05, 0.1) is 18.8 Å². The van der Waals surface area contributed by atoms with Gasteiger partial charge in [0.25, 0.3) is 0 Å². The average Bonchev–Trinajstić information content (AvgIpc) is 3.16. The Bertz CT molecular complexity index is 670. The number of nitrogens with one attached hydrogen (secondary N) is 2. The fourth-order valence-corrected chi connectivity index (χ4v) is 3.09. The third kappa shape index (κ3) is 4.12. The van der Waals surface area contributed by atoms with Crippen molar-refractivity contribution in [2.45, 2.75) is 26.4 Å². The quantitative estimate of drug-likeness (QED) is 0.850. The lowest BCUT2D eigenvalue weighted by Gasteiger charge is -2.30. The van der Waals surface area contributed by atoms with Gasteiger partial charge in [0.15, 0.2) is 11.0 Å². The number of carbonyl (C=O) groups excluding carboxylic acids is 1. The summed E-state index contributed by atoms with van der Waals surface area (Å²) in [6.45, 7) is 6.11. The van der Waals surface area contributed by atoms with E-state index >= 15 is 0 Å². The zero-order chi connectivity index (χ0) is 16.2. The first-order valence-electron chi connectivity index (χ1n) is 7.61. The summed E-state index contributed by atoms with van der Waals surface area (Å²) >= 11 is 1.43. The van der Waals surface area contributed by atoms with Gasteiger partial charge in [0.1, 0.15) is 11.9 Å². The number of thiazole rings is 1. The number of aromatic nitrogens is 4. The van der Waals surface area contributed by atoms with Crippen LogP contribution in [0.15, 0.2) is 5.38 Å². The summed E-state index contributed by atoms with van der Waals surface area (Å²) in [7, 11) is 0. The number of rotatable bonds is 5. The van der Waals surface area contributed by atoms with Crippen LogP contribution < -0.4 is 5.32 Å². The van der Waals surface area contributed by atoms with E-state index in [2.05, 4.69) is 25.5 Å². The number of carbonyl (C=O) groups is 1. The van der Waals surface area contributed by atoms with Crippen molar-refractivity contribution in [2.75, 3.05) is 31.6 Å². The van der Waals surface area contributed by atoms with E-state index in [0.29, 0.717) is 37.2 Å². The zero-order valence-electron chi connectivity index (χ0n) is 13.2. The molecule has 2 aromatic rings. The molecule has 1 aliphatic heterocycles. The smallest absolute Gasteiger partial charge is 0.240 e. The van der Waals surface area contributed by atoms with Crippen LogP contribution in [0.3, 0.4) is 0 Å². The van der Waals surface area contributed by atoms with Crippen LogP contribution in [0.2, 0.25) is 0 Å². The van der Waals surface area contributed by atoms with E-state index < -0.39 is 0 Å². The molecule has 3 heterocycles. The second kappa shape index (κ2) is 7.16. The molecule has 2 aromatic heterocycles. The summed E-state index contributed by atoms with van der Waals surface area (Å²) in [6.07, 6.45) is 0.606. The summed E-state index contributed by atoms with van der Waals surface area (Å²) in [5.41, 5.74) is 0.910. The number of morpholine rings is 1. The topological polar surface area (TPSA) is 96.0 Å². The van der Waals surface area contributed by atoms with Gasteiger partial charge in [-0.1, -0.05) is 6.92 Å². The summed E-state index contributed by atoms with van der Waals surface area (Å²) < 4.78 is 5.73. The maximum atomic E-state index is 12.1. The van der Waals surface area contributed by atoms with Crippen LogP contribution in [0.4, 0.5) is 5.13 Å². The van der Waals surface area contributed by atoms with E-state index in [0.717, 1.165) is 17.9 Å². The number of amides is 1. The van der Waals surface area contributed by atoms with Gasteiger partial charge in [0, 0.05) is 24.9 Å². The highest BCUT2D eigenvalue weighted by Crippen LogP contribution is 2.19. The molecule has 9 heteroatoms. The Morgan fingerprint density at radius 3 is 3.13 bits per heavy atom. The van der Waals surface area contributed by atoms with Crippen molar-refractivity contribution in [2.24, 2.45) is 0 Å². The molecule has 23 heavy (non-hydrogen) atoms. The van der Waals surface area contributed by atoms with Crippen molar-refractivity contribution in [3.63, 3.8) is 0 Å². The molecule has 1 atom stereocenters. The molecule has 1 saturated heterocycles. The second-order valence-electron chi connectivity index (χ2n) is 5.43. The third-order valence-electron chi connectivity index (χ3n) is 3.56. The lowest BCUT2D eigenvalue weighted by molar-refractivity contribution is -0.119. The number of aromatic amines is 1. The Labute approximate surface area is 138 Å². The van der Waals surface area contributed by atoms with Crippen LogP contribution >= 0.6 is 11.3 Å². The molecule has 124 valence electrons. The second-order valence-corrected chi connectivity index (χ2v) is 6.29. The van der Waals surface area contributed by atoms with Crippen molar-refractivity contribution in [1.29, 1.82) is 0 Å². The molecule has 0 unspecified atom stereocenters. The molecule has 2 N–H and O–H groups in total. The van der Waals surface area contributed by atoms with Gasteiger partial charge in [0.2, 0.25) is 5.91 Å². The van der Waals surface area contributed by atoms with Gasteiger partial charge in [-0.3, -0.25) is 14.8 Å². The van der Waals surface area contributed by atoms with Crippen molar-refractivity contribution in [3.8, 4) is 0 Å². The summed E-state index contributed by atoms with van der Waals surface area (Å²) in [5.74, 6) is 1.43. The molecule has 0 bridgehead atoms. The molecule has 1 aliphatic rings. The van der Waals surface area contributed by atoms with Gasteiger partial charge in [-0.15, -0.1) is 11.3 Å². The maximum Gasteiger partial charge on any atom is 0.240 e. The summed E-state index contributed by atoms with van der Waals surface area (Å²) in [4.78, 5) is 22.8.